The summed E-state index contributed by atoms with van der Waals surface area (Å²) in [6, 6.07) is 14.6. The molecule has 1 heterocycles. The summed E-state index contributed by atoms with van der Waals surface area (Å²) in [5, 5.41) is 2.64. The number of hydrogen-bond donors (Lipinski definition) is 1. The maximum absolute atomic E-state index is 13.3. The Kier molecular flexibility index (Phi) is 6.43. The van der Waals surface area contributed by atoms with Crippen molar-refractivity contribution in [3.63, 3.8) is 0 Å². The first-order valence-corrected chi connectivity index (χ1v) is 12.3. The van der Waals surface area contributed by atoms with E-state index in [4.69, 9.17) is 0 Å². The SMILES string of the molecule is C=CC(=O)Nc1ccc(S(=O)(=O)N(Cc2ccc(N3CCCCC3)cc2)C2CC2)cc1. The van der Waals surface area contributed by atoms with Crippen LogP contribution in [0.3, 0.4) is 0 Å². The number of carbonyl (C=O) groups is 1. The van der Waals surface area contributed by atoms with Crippen LogP contribution >= 0.6 is 0 Å². The molecule has 2 fully saturated rings. The third-order valence-corrected chi connectivity index (χ3v) is 7.78. The van der Waals surface area contributed by atoms with E-state index in [1.807, 2.05) is 12.1 Å². The van der Waals surface area contributed by atoms with E-state index in [0.717, 1.165) is 31.5 Å². The zero-order chi connectivity index (χ0) is 21.8. The normalized spacial score (nSPS) is 16.9. The van der Waals surface area contributed by atoms with E-state index in [-0.39, 0.29) is 16.8 Å². The van der Waals surface area contributed by atoms with E-state index < -0.39 is 10.0 Å². The van der Waals surface area contributed by atoms with Gasteiger partial charge in [0.05, 0.1) is 4.90 Å². The molecule has 0 spiro atoms. The molecule has 1 amide bonds. The van der Waals surface area contributed by atoms with Crippen molar-refractivity contribution in [2.45, 2.75) is 49.6 Å². The van der Waals surface area contributed by atoms with Gasteiger partial charge >= 0.3 is 0 Å². The minimum atomic E-state index is -3.63. The molecule has 6 nitrogen and oxygen atoms in total. The first kappa shape index (κ1) is 21.6. The van der Waals surface area contributed by atoms with Crippen LogP contribution in [0.4, 0.5) is 11.4 Å². The van der Waals surface area contributed by atoms with Crippen LogP contribution in [0, 0.1) is 0 Å². The van der Waals surface area contributed by atoms with Gasteiger partial charge in [0.25, 0.3) is 0 Å². The van der Waals surface area contributed by atoms with Crippen molar-refractivity contribution in [1.29, 1.82) is 0 Å². The molecule has 1 saturated carbocycles. The molecule has 0 bridgehead atoms. The first-order valence-electron chi connectivity index (χ1n) is 10.9. The second-order valence-electron chi connectivity index (χ2n) is 8.21. The van der Waals surface area contributed by atoms with Gasteiger partial charge in [-0.05, 0) is 80.1 Å². The predicted octanol–water partition coefficient (Wildman–Crippen LogP) is 4.15. The van der Waals surface area contributed by atoms with Crippen molar-refractivity contribution in [3.8, 4) is 0 Å². The summed E-state index contributed by atoms with van der Waals surface area (Å²) in [5.41, 5.74) is 2.74. The average Bonchev–Trinajstić information content (AvgIpc) is 3.64. The lowest BCUT2D eigenvalue weighted by Crippen LogP contribution is -2.32. The fourth-order valence-corrected chi connectivity index (χ4v) is 5.63. The highest BCUT2D eigenvalue weighted by Crippen LogP contribution is 2.34. The summed E-state index contributed by atoms with van der Waals surface area (Å²) < 4.78 is 28.3. The number of carbonyl (C=O) groups excluding carboxylic acids is 1. The molecule has 4 rings (SSSR count). The van der Waals surface area contributed by atoms with Crippen LogP contribution in [0.25, 0.3) is 0 Å². The molecule has 1 aliphatic heterocycles. The summed E-state index contributed by atoms with van der Waals surface area (Å²) in [6.07, 6.45) is 6.70. The topological polar surface area (TPSA) is 69.7 Å². The lowest BCUT2D eigenvalue weighted by molar-refractivity contribution is -0.111. The van der Waals surface area contributed by atoms with Gasteiger partial charge in [0.1, 0.15) is 0 Å². The Hall–Kier alpha value is -2.64. The van der Waals surface area contributed by atoms with Gasteiger partial charge in [-0.1, -0.05) is 18.7 Å². The Labute approximate surface area is 184 Å². The molecule has 0 atom stereocenters. The number of sulfonamides is 1. The van der Waals surface area contributed by atoms with Crippen molar-refractivity contribution >= 4 is 27.3 Å². The molecule has 2 aliphatic rings. The van der Waals surface area contributed by atoms with Crippen LogP contribution in [-0.4, -0.2) is 37.8 Å². The Morgan fingerprint density at radius 2 is 1.68 bits per heavy atom. The van der Waals surface area contributed by atoms with Crippen LogP contribution in [-0.2, 0) is 21.4 Å². The molecule has 2 aromatic carbocycles. The van der Waals surface area contributed by atoms with E-state index in [1.165, 1.54) is 31.0 Å². The lowest BCUT2D eigenvalue weighted by Gasteiger charge is -2.29. The van der Waals surface area contributed by atoms with Gasteiger partial charge in [0, 0.05) is 37.1 Å². The smallest absolute Gasteiger partial charge is 0.247 e. The van der Waals surface area contributed by atoms with Gasteiger partial charge in [0.2, 0.25) is 15.9 Å². The molecule has 7 heteroatoms. The minimum Gasteiger partial charge on any atom is -0.372 e. The van der Waals surface area contributed by atoms with Gasteiger partial charge < -0.3 is 10.2 Å². The van der Waals surface area contributed by atoms with Crippen molar-refractivity contribution in [3.05, 3.63) is 66.7 Å². The van der Waals surface area contributed by atoms with Crippen molar-refractivity contribution in [1.82, 2.24) is 4.31 Å². The summed E-state index contributed by atoms with van der Waals surface area (Å²) in [5.74, 6) is -0.330. The molecule has 1 aliphatic carbocycles. The molecule has 2 aromatic rings. The molecular formula is C24H29N3O3S. The molecule has 31 heavy (non-hydrogen) atoms. The second-order valence-corrected chi connectivity index (χ2v) is 10.1. The third-order valence-electron chi connectivity index (χ3n) is 5.86. The quantitative estimate of drug-likeness (QED) is 0.627. The zero-order valence-corrected chi connectivity index (χ0v) is 18.5. The predicted molar refractivity (Wildman–Crippen MR) is 124 cm³/mol. The van der Waals surface area contributed by atoms with Gasteiger partial charge in [-0.2, -0.15) is 4.31 Å². The van der Waals surface area contributed by atoms with E-state index >= 15 is 0 Å². The highest BCUT2D eigenvalue weighted by atomic mass is 32.2. The number of anilines is 2. The highest BCUT2D eigenvalue weighted by molar-refractivity contribution is 7.89. The molecule has 0 aromatic heterocycles. The number of rotatable bonds is 8. The van der Waals surface area contributed by atoms with Gasteiger partial charge in [-0.25, -0.2) is 8.42 Å². The Morgan fingerprint density at radius 1 is 1.03 bits per heavy atom. The zero-order valence-electron chi connectivity index (χ0n) is 17.7. The van der Waals surface area contributed by atoms with Crippen LogP contribution in [0.5, 0.6) is 0 Å². The van der Waals surface area contributed by atoms with Gasteiger partial charge in [-0.3, -0.25) is 4.79 Å². The van der Waals surface area contributed by atoms with Crippen LogP contribution in [0.2, 0.25) is 0 Å². The molecular weight excluding hydrogens is 410 g/mol. The minimum absolute atomic E-state index is 0.0481. The van der Waals surface area contributed by atoms with Crippen LogP contribution in [0.1, 0.15) is 37.7 Å². The Bertz CT molecular complexity index is 1020. The second kappa shape index (κ2) is 9.24. The number of piperidine rings is 1. The monoisotopic (exact) mass is 439 g/mol. The number of hydrogen-bond acceptors (Lipinski definition) is 4. The molecule has 164 valence electrons. The maximum atomic E-state index is 13.3. The molecule has 1 N–H and O–H groups in total. The van der Waals surface area contributed by atoms with E-state index in [1.54, 1.807) is 28.6 Å². The van der Waals surface area contributed by atoms with Crippen molar-refractivity contribution in [2.75, 3.05) is 23.3 Å². The fourth-order valence-electron chi connectivity index (χ4n) is 3.96. The summed E-state index contributed by atoms with van der Waals surface area (Å²) in [6.45, 7) is 5.96. The largest absolute Gasteiger partial charge is 0.372 e. The van der Waals surface area contributed by atoms with Crippen LogP contribution < -0.4 is 10.2 Å². The molecule has 0 unspecified atom stereocenters. The lowest BCUT2D eigenvalue weighted by atomic mass is 10.1. The third kappa shape index (κ3) is 5.17. The summed E-state index contributed by atoms with van der Waals surface area (Å²) >= 11 is 0. The van der Waals surface area contributed by atoms with Gasteiger partial charge in [0.15, 0.2) is 0 Å². The number of benzene rings is 2. The fraction of sp³-hybridized carbons (Fsp3) is 0.375. The van der Waals surface area contributed by atoms with E-state index in [0.29, 0.717) is 12.2 Å². The highest BCUT2D eigenvalue weighted by Gasteiger charge is 2.38. The molecule has 0 radical (unpaired) electrons. The van der Waals surface area contributed by atoms with E-state index in [2.05, 4.69) is 28.9 Å². The maximum Gasteiger partial charge on any atom is 0.247 e. The van der Waals surface area contributed by atoms with Gasteiger partial charge in [-0.15, -0.1) is 0 Å². The van der Waals surface area contributed by atoms with Crippen LogP contribution in [0.15, 0.2) is 66.1 Å². The summed E-state index contributed by atoms with van der Waals surface area (Å²) in [7, 11) is -3.63. The number of nitrogens with one attached hydrogen (secondary N) is 1. The summed E-state index contributed by atoms with van der Waals surface area (Å²) in [4.78, 5) is 14.1. The number of nitrogens with zero attached hydrogens (tertiary/aromatic N) is 2. The standard InChI is InChI=1S/C24H29N3O3S/c1-2-24(28)25-20-8-14-23(15-9-20)31(29,30)27(22-12-13-22)18-19-6-10-21(11-7-19)26-16-4-3-5-17-26/h2,6-11,14-15,22H,1,3-5,12-13,16-18H2,(H,25,28). The first-order chi connectivity index (χ1) is 15.0. The van der Waals surface area contributed by atoms with Crippen molar-refractivity contribution in [2.24, 2.45) is 0 Å². The average molecular weight is 440 g/mol. The Morgan fingerprint density at radius 3 is 2.26 bits per heavy atom. The Balaban J connectivity index is 1.49. The van der Waals surface area contributed by atoms with E-state index in [9.17, 15) is 13.2 Å². The number of amides is 1. The molecule has 1 saturated heterocycles. The van der Waals surface area contributed by atoms with Crippen molar-refractivity contribution < 1.29 is 13.2 Å².